The Balaban J connectivity index is 1.94. The van der Waals surface area contributed by atoms with Crippen LogP contribution in [0.5, 0.6) is 5.75 Å². The number of rotatable bonds is 9. The predicted octanol–water partition coefficient (Wildman–Crippen LogP) is 5.37. The summed E-state index contributed by atoms with van der Waals surface area (Å²) in [6.45, 7) is 2.69. The van der Waals surface area contributed by atoms with Gasteiger partial charge in [0.15, 0.2) is 5.78 Å². The summed E-state index contributed by atoms with van der Waals surface area (Å²) in [6, 6.07) is 17.6. The van der Waals surface area contributed by atoms with Crippen LogP contribution >= 0.6 is 11.8 Å². The Morgan fingerprint density at radius 2 is 1.78 bits per heavy atom. The molecule has 1 unspecified atom stereocenters. The van der Waals surface area contributed by atoms with Crippen molar-refractivity contribution in [3.8, 4) is 5.75 Å². The summed E-state index contributed by atoms with van der Waals surface area (Å²) in [4.78, 5) is 12.5. The summed E-state index contributed by atoms with van der Waals surface area (Å²) in [6.07, 6.45) is 5.17. The number of ether oxygens (including phenoxy) is 1. The number of thioether (sulfide) groups is 1. The highest BCUT2D eigenvalue weighted by molar-refractivity contribution is 7.99. The van der Waals surface area contributed by atoms with Crippen LogP contribution in [0.25, 0.3) is 0 Å². The van der Waals surface area contributed by atoms with E-state index in [9.17, 15) is 4.79 Å². The van der Waals surface area contributed by atoms with Crippen LogP contribution in [-0.2, 0) is 6.61 Å². The Morgan fingerprint density at radius 1 is 1.09 bits per heavy atom. The number of ketones is 1. The van der Waals surface area contributed by atoms with Crippen molar-refractivity contribution in [3.63, 3.8) is 0 Å². The zero-order valence-corrected chi connectivity index (χ0v) is 14.6. The third kappa shape index (κ3) is 5.43. The Labute approximate surface area is 143 Å². The molecule has 23 heavy (non-hydrogen) atoms. The minimum absolute atomic E-state index is 0.0611. The molecule has 0 radical (unpaired) electrons. The lowest BCUT2D eigenvalue weighted by Gasteiger charge is -2.13. The third-order valence-electron chi connectivity index (χ3n) is 3.78. The van der Waals surface area contributed by atoms with E-state index in [2.05, 4.69) is 6.92 Å². The van der Waals surface area contributed by atoms with Crippen molar-refractivity contribution in [2.45, 2.75) is 38.0 Å². The molecule has 0 spiro atoms. The molecule has 0 bridgehead atoms. The number of hydrogen-bond acceptors (Lipinski definition) is 3. The average molecular weight is 328 g/mol. The van der Waals surface area contributed by atoms with Crippen LogP contribution in [0, 0.1) is 0 Å². The first-order valence-corrected chi connectivity index (χ1v) is 9.37. The summed E-state index contributed by atoms with van der Waals surface area (Å²) in [5.74, 6) is 1.01. The Hall–Kier alpha value is -1.74. The molecule has 0 amide bonds. The summed E-state index contributed by atoms with van der Waals surface area (Å²) in [7, 11) is 0. The normalized spacial score (nSPS) is 11.9. The topological polar surface area (TPSA) is 26.3 Å². The highest BCUT2D eigenvalue weighted by Crippen LogP contribution is 2.22. The van der Waals surface area contributed by atoms with E-state index in [0.717, 1.165) is 36.1 Å². The summed E-state index contributed by atoms with van der Waals surface area (Å²) in [5, 5.41) is 0.0611. The molecule has 0 fully saturated rings. The van der Waals surface area contributed by atoms with Gasteiger partial charge in [0.25, 0.3) is 0 Å². The molecule has 2 aromatic rings. The lowest BCUT2D eigenvalue weighted by Crippen LogP contribution is -2.17. The van der Waals surface area contributed by atoms with Crippen molar-refractivity contribution in [1.82, 2.24) is 0 Å². The number of hydrogen-bond donors (Lipinski definition) is 0. The van der Waals surface area contributed by atoms with Gasteiger partial charge in [-0.05, 0) is 42.5 Å². The highest BCUT2D eigenvalue weighted by Gasteiger charge is 2.18. The fourth-order valence-electron chi connectivity index (χ4n) is 2.39. The van der Waals surface area contributed by atoms with E-state index >= 15 is 0 Å². The lowest BCUT2D eigenvalue weighted by atomic mass is 10.0. The number of benzene rings is 2. The minimum atomic E-state index is 0.0611. The zero-order chi connectivity index (χ0) is 16.5. The Morgan fingerprint density at radius 3 is 2.39 bits per heavy atom. The second-order valence-corrected chi connectivity index (χ2v) is 6.57. The smallest absolute Gasteiger partial charge is 0.175 e. The van der Waals surface area contributed by atoms with Gasteiger partial charge < -0.3 is 4.74 Å². The lowest BCUT2D eigenvalue weighted by molar-refractivity contribution is 0.0986. The highest BCUT2D eigenvalue weighted by atomic mass is 32.2. The Bertz CT molecular complexity index is 593. The third-order valence-corrected chi connectivity index (χ3v) is 4.80. The molecule has 2 aromatic carbocycles. The average Bonchev–Trinajstić information content (AvgIpc) is 2.62. The number of Topliss-reactive ketones (excluding diaryl/α,β-unsaturated/α-hetero) is 1. The van der Waals surface area contributed by atoms with Gasteiger partial charge in [-0.2, -0.15) is 11.8 Å². The molecule has 0 saturated heterocycles. The quantitative estimate of drug-likeness (QED) is 0.579. The number of carbonyl (C=O) groups is 1. The van der Waals surface area contributed by atoms with Crippen LogP contribution in [0.1, 0.15) is 42.1 Å². The fourth-order valence-corrected chi connectivity index (χ4v) is 3.14. The van der Waals surface area contributed by atoms with Gasteiger partial charge in [0.2, 0.25) is 0 Å². The molecule has 0 aliphatic heterocycles. The molecule has 0 heterocycles. The standard InChI is InChI=1S/C20H24O2S/c1-3-4-10-19(23-2)20(21)17-11-13-18(14-12-17)22-15-16-8-6-5-7-9-16/h5-9,11-14,19H,3-4,10,15H2,1-2H3. The van der Waals surface area contributed by atoms with E-state index in [4.69, 9.17) is 4.74 Å². The molecule has 0 aromatic heterocycles. The van der Waals surface area contributed by atoms with Crippen LogP contribution < -0.4 is 4.74 Å². The molecular formula is C20H24O2S. The van der Waals surface area contributed by atoms with Gasteiger partial charge in [-0.1, -0.05) is 50.1 Å². The van der Waals surface area contributed by atoms with Crippen molar-refractivity contribution in [2.75, 3.05) is 6.26 Å². The molecule has 0 N–H and O–H groups in total. The molecule has 3 heteroatoms. The van der Waals surface area contributed by atoms with Crippen LogP contribution in [0.15, 0.2) is 54.6 Å². The van der Waals surface area contributed by atoms with Gasteiger partial charge in [0.1, 0.15) is 12.4 Å². The molecule has 2 nitrogen and oxygen atoms in total. The summed E-state index contributed by atoms with van der Waals surface area (Å²) in [5.41, 5.74) is 1.90. The van der Waals surface area contributed by atoms with Gasteiger partial charge in [-0.25, -0.2) is 0 Å². The monoisotopic (exact) mass is 328 g/mol. The molecule has 2 rings (SSSR count). The largest absolute Gasteiger partial charge is 0.489 e. The SMILES string of the molecule is CCCCC(SC)C(=O)c1ccc(OCc2ccccc2)cc1. The first-order chi connectivity index (χ1) is 11.2. The van der Waals surface area contributed by atoms with Crippen molar-refractivity contribution in [1.29, 1.82) is 0 Å². The second-order valence-electron chi connectivity index (χ2n) is 5.53. The van der Waals surface area contributed by atoms with Gasteiger partial charge in [0.05, 0.1) is 5.25 Å². The summed E-state index contributed by atoms with van der Waals surface area (Å²) < 4.78 is 5.76. The van der Waals surface area contributed by atoms with Gasteiger partial charge >= 0.3 is 0 Å². The first kappa shape index (κ1) is 17.6. The first-order valence-electron chi connectivity index (χ1n) is 8.08. The number of carbonyl (C=O) groups excluding carboxylic acids is 1. The maximum absolute atomic E-state index is 12.5. The maximum atomic E-state index is 12.5. The van der Waals surface area contributed by atoms with E-state index in [1.807, 2.05) is 60.9 Å². The van der Waals surface area contributed by atoms with Gasteiger partial charge in [-0.15, -0.1) is 0 Å². The minimum Gasteiger partial charge on any atom is -0.489 e. The van der Waals surface area contributed by atoms with Crippen molar-refractivity contribution >= 4 is 17.5 Å². The van der Waals surface area contributed by atoms with Crippen LogP contribution in [-0.4, -0.2) is 17.3 Å². The molecular weight excluding hydrogens is 304 g/mol. The van der Waals surface area contributed by atoms with Crippen LogP contribution in [0.3, 0.4) is 0 Å². The van der Waals surface area contributed by atoms with Gasteiger partial charge in [0, 0.05) is 5.56 Å². The predicted molar refractivity (Wildman–Crippen MR) is 98.4 cm³/mol. The molecule has 0 saturated carbocycles. The van der Waals surface area contributed by atoms with E-state index in [1.54, 1.807) is 11.8 Å². The van der Waals surface area contributed by atoms with Crippen LogP contribution in [0.2, 0.25) is 0 Å². The van der Waals surface area contributed by atoms with Crippen molar-refractivity contribution in [2.24, 2.45) is 0 Å². The zero-order valence-electron chi connectivity index (χ0n) is 13.8. The van der Waals surface area contributed by atoms with E-state index in [-0.39, 0.29) is 11.0 Å². The molecule has 0 aliphatic carbocycles. The number of unbranched alkanes of at least 4 members (excludes halogenated alkanes) is 1. The summed E-state index contributed by atoms with van der Waals surface area (Å²) >= 11 is 1.64. The molecule has 122 valence electrons. The Kier molecular flexibility index (Phi) is 7.21. The fraction of sp³-hybridized carbons (Fsp3) is 0.350. The van der Waals surface area contributed by atoms with E-state index in [1.165, 1.54) is 0 Å². The van der Waals surface area contributed by atoms with E-state index < -0.39 is 0 Å². The van der Waals surface area contributed by atoms with Gasteiger partial charge in [-0.3, -0.25) is 4.79 Å². The van der Waals surface area contributed by atoms with Crippen molar-refractivity contribution in [3.05, 3.63) is 65.7 Å². The molecule has 1 atom stereocenters. The van der Waals surface area contributed by atoms with E-state index in [0.29, 0.717) is 6.61 Å². The second kappa shape index (κ2) is 9.41. The van der Waals surface area contributed by atoms with Crippen LogP contribution in [0.4, 0.5) is 0 Å². The molecule has 0 aliphatic rings. The van der Waals surface area contributed by atoms with Crippen molar-refractivity contribution < 1.29 is 9.53 Å². The maximum Gasteiger partial charge on any atom is 0.175 e.